The first-order valence-corrected chi connectivity index (χ1v) is 7.69. The fourth-order valence-electron chi connectivity index (χ4n) is 2.42. The van der Waals surface area contributed by atoms with Gasteiger partial charge in [-0.15, -0.1) is 0 Å². The van der Waals surface area contributed by atoms with Crippen LogP contribution in [0.4, 0.5) is 0 Å². The average Bonchev–Trinajstić information content (AvgIpc) is 2.98. The first-order chi connectivity index (χ1) is 11.2. The van der Waals surface area contributed by atoms with Crippen molar-refractivity contribution in [1.29, 1.82) is 5.26 Å². The number of fused-ring (bicyclic) bond motifs is 1. The van der Waals surface area contributed by atoms with Gasteiger partial charge in [-0.2, -0.15) is 10.4 Å². The van der Waals surface area contributed by atoms with Crippen molar-refractivity contribution in [3.05, 3.63) is 58.5 Å². The van der Waals surface area contributed by atoms with E-state index in [2.05, 4.69) is 16.2 Å². The SMILES string of the molecule is Cc1nc2c(C#N)cnn2c(Cl)c1CCCOc1ccccc1. The van der Waals surface area contributed by atoms with Crippen LogP contribution in [0.25, 0.3) is 5.65 Å². The number of nitrogens with zero attached hydrogens (tertiary/aromatic N) is 4. The number of benzene rings is 1. The van der Waals surface area contributed by atoms with Crippen molar-refractivity contribution in [2.45, 2.75) is 19.8 Å². The molecule has 0 aliphatic rings. The van der Waals surface area contributed by atoms with E-state index in [1.165, 1.54) is 10.7 Å². The summed E-state index contributed by atoms with van der Waals surface area (Å²) in [5.41, 5.74) is 2.68. The molecule has 3 aromatic rings. The minimum Gasteiger partial charge on any atom is -0.494 e. The molecule has 2 aromatic heterocycles. The Kier molecular flexibility index (Phi) is 4.45. The van der Waals surface area contributed by atoms with Crippen molar-refractivity contribution in [2.75, 3.05) is 6.61 Å². The lowest BCUT2D eigenvalue weighted by Gasteiger charge is -2.10. The van der Waals surface area contributed by atoms with Gasteiger partial charge in [0.1, 0.15) is 22.5 Å². The molecule has 6 heteroatoms. The van der Waals surface area contributed by atoms with Crippen LogP contribution in [0.2, 0.25) is 5.15 Å². The number of rotatable bonds is 5. The molecule has 116 valence electrons. The number of para-hydroxylation sites is 1. The molecule has 0 fully saturated rings. The van der Waals surface area contributed by atoms with Gasteiger partial charge >= 0.3 is 0 Å². The minimum atomic E-state index is 0.425. The van der Waals surface area contributed by atoms with E-state index in [1.807, 2.05) is 37.3 Å². The van der Waals surface area contributed by atoms with Crippen LogP contribution in [0.5, 0.6) is 5.75 Å². The van der Waals surface area contributed by atoms with Gasteiger partial charge < -0.3 is 4.74 Å². The highest BCUT2D eigenvalue weighted by atomic mass is 35.5. The molecule has 0 spiro atoms. The predicted octanol–water partition coefficient (Wildman–Crippen LogP) is 3.57. The highest BCUT2D eigenvalue weighted by molar-refractivity contribution is 6.30. The summed E-state index contributed by atoms with van der Waals surface area (Å²) in [7, 11) is 0. The summed E-state index contributed by atoms with van der Waals surface area (Å²) in [6.45, 7) is 2.49. The summed E-state index contributed by atoms with van der Waals surface area (Å²) in [6, 6.07) is 11.8. The lowest BCUT2D eigenvalue weighted by Crippen LogP contribution is -2.05. The van der Waals surface area contributed by atoms with Gasteiger partial charge in [0.2, 0.25) is 0 Å². The first-order valence-electron chi connectivity index (χ1n) is 7.31. The normalized spacial score (nSPS) is 10.7. The van der Waals surface area contributed by atoms with Crippen molar-refractivity contribution >= 4 is 17.2 Å². The van der Waals surface area contributed by atoms with E-state index in [0.717, 1.165) is 29.8 Å². The molecule has 23 heavy (non-hydrogen) atoms. The maximum atomic E-state index is 9.05. The fourth-order valence-corrected chi connectivity index (χ4v) is 2.77. The lowest BCUT2D eigenvalue weighted by molar-refractivity contribution is 0.311. The van der Waals surface area contributed by atoms with Crippen LogP contribution >= 0.6 is 11.6 Å². The van der Waals surface area contributed by atoms with Crippen molar-refractivity contribution < 1.29 is 4.74 Å². The van der Waals surface area contributed by atoms with Gasteiger partial charge in [-0.1, -0.05) is 29.8 Å². The van der Waals surface area contributed by atoms with Crippen LogP contribution in [-0.2, 0) is 6.42 Å². The minimum absolute atomic E-state index is 0.425. The molecule has 0 aliphatic carbocycles. The van der Waals surface area contributed by atoms with Crippen LogP contribution in [0.3, 0.4) is 0 Å². The molecular weight excluding hydrogens is 312 g/mol. The highest BCUT2D eigenvalue weighted by Crippen LogP contribution is 2.23. The fraction of sp³-hybridized carbons (Fsp3) is 0.235. The zero-order valence-electron chi connectivity index (χ0n) is 12.7. The molecule has 2 heterocycles. The summed E-state index contributed by atoms with van der Waals surface area (Å²) in [5, 5.41) is 13.7. The Balaban J connectivity index is 1.72. The molecule has 0 saturated heterocycles. The van der Waals surface area contributed by atoms with E-state index in [0.29, 0.717) is 23.0 Å². The van der Waals surface area contributed by atoms with E-state index in [1.54, 1.807) is 0 Å². The van der Waals surface area contributed by atoms with Crippen LogP contribution < -0.4 is 4.74 Å². The smallest absolute Gasteiger partial charge is 0.174 e. The second-order valence-corrected chi connectivity index (χ2v) is 5.50. The predicted molar refractivity (Wildman–Crippen MR) is 87.7 cm³/mol. The molecule has 0 aliphatic heterocycles. The number of ether oxygens (including phenoxy) is 1. The number of hydrogen-bond donors (Lipinski definition) is 0. The van der Waals surface area contributed by atoms with Gasteiger partial charge in [0.05, 0.1) is 12.8 Å². The Hall–Kier alpha value is -2.58. The van der Waals surface area contributed by atoms with Crippen molar-refractivity contribution in [2.24, 2.45) is 0 Å². The van der Waals surface area contributed by atoms with Gasteiger partial charge in [0, 0.05) is 11.3 Å². The van der Waals surface area contributed by atoms with Crippen LogP contribution in [0, 0.1) is 18.3 Å². The largest absolute Gasteiger partial charge is 0.494 e. The third-order valence-electron chi connectivity index (χ3n) is 3.59. The van der Waals surface area contributed by atoms with Crippen LogP contribution in [0.1, 0.15) is 23.2 Å². The number of hydrogen-bond acceptors (Lipinski definition) is 4. The Bertz CT molecular complexity index is 868. The molecule has 1 aromatic carbocycles. The zero-order valence-corrected chi connectivity index (χ0v) is 13.4. The van der Waals surface area contributed by atoms with E-state index >= 15 is 0 Å². The maximum absolute atomic E-state index is 9.05. The zero-order chi connectivity index (χ0) is 16.2. The third-order valence-corrected chi connectivity index (χ3v) is 3.98. The molecule has 0 unspecified atom stereocenters. The van der Waals surface area contributed by atoms with Crippen molar-refractivity contribution in [3.63, 3.8) is 0 Å². The molecule has 0 radical (unpaired) electrons. The first kappa shape index (κ1) is 15.3. The second-order valence-electron chi connectivity index (χ2n) is 5.14. The molecule has 0 amide bonds. The highest BCUT2D eigenvalue weighted by Gasteiger charge is 2.14. The summed E-state index contributed by atoms with van der Waals surface area (Å²) < 4.78 is 7.20. The van der Waals surface area contributed by atoms with Gasteiger partial charge in [-0.05, 0) is 31.9 Å². The summed E-state index contributed by atoms with van der Waals surface area (Å²) in [5.74, 6) is 0.856. The number of aromatic nitrogens is 3. The lowest BCUT2D eigenvalue weighted by atomic mass is 10.1. The molecular formula is C17H15ClN4O. The average molecular weight is 327 g/mol. The van der Waals surface area contributed by atoms with Crippen molar-refractivity contribution in [3.8, 4) is 11.8 Å². The van der Waals surface area contributed by atoms with Gasteiger partial charge in [0.15, 0.2) is 5.65 Å². The van der Waals surface area contributed by atoms with Gasteiger partial charge in [0.25, 0.3) is 0 Å². The maximum Gasteiger partial charge on any atom is 0.174 e. The Morgan fingerprint density at radius 3 is 2.83 bits per heavy atom. The monoisotopic (exact) mass is 326 g/mol. The molecule has 0 bridgehead atoms. The van der Waals surface area contributed by atoms with Crippen LogP contribution in [-0.4, -0.2) is 21.2 Å². The Labute approximate surface area is 139 Å². The standard InChI is InChI=1S/C17H15ClN4O/c1-12-15(8-5-9-23-14-6-3-2-4-7-14)16(18)22-17(21-12)13(10-19)11-20-22/h2-4,6-7,11H,5,8-9H2,1H3. The molecule has 3 rings (SSSR count). The topological polar surface area (TPSA) is 63.2 Å². The van der Waals surface area contributed by atoms with E-state index in [-0.39, 0.29) is 0 Å². The Morgan fingerprint density at radius 1 is 1.30 bits per heavy atom. The van der Waals surface area contributed by atoms with Crippen LogP contribution in [0.15, 0.2) is 36.5 Å². The van der Waals surface area contributed by atoms with Crippen molar-refractivity contribution in [1.82, 2.24) is 14.6 Å². The third kappa shape index (κ3) is 3.13. The summed E-state index contributed by atoms with van der Waals surface area (Å²) >= 11 is 6.42. The second kappa shape index (κ2) is 6.67. The number of halogens is 1. The quantitative estimate of drug-likeness (QED) is 0.531. The Morgan fingerprint density at radius 2 is 2.09 bits per heavy atom. The summed E-state index contributed by atoms with van der Waals surface area (Å²) in [4.78, 5) is 4.46. The number of aryl methyl sites for hydroxylation is 1. The van der Waals surface area contributed by atoms with Gasteiger partial charge in [-0.25, -0.2) is 9.50 Å². The van der Waals surface area contributed by atoms with E-state index in [4.69, 9.17) is 21.6 Å². The molecule has 0 saturated carbocycles. The molecule has 5 nitrogen and oxygen atoms in total. The number of nitriles is 1. The van der Waals surface area contributed by atoms with E-state index < -0.39 is 0 Å². The van der Waals surface area contributed by atoms with E-state index in [9.17, 15) is 0 Å². The molecule has 0 N–H and O–H groups in total. The van der Waals surface area contributed by atoms with Gasteiger partial charge in [-0.3, -0.25) is 0 Å². The molecule has 0 atom stereocenters. The summed E-state index contributed by atoms with van der Waals surface area (Å²) in [6.07, 6.45) is 3.03.